The second-order valence-corrected chi connectivity index (χ2v) is 8.18. The number of carbonyl (C=O) groups excluding carboxylic acids is 2. The van der Waals surface area contributed by atoms with Crippen LogP contribution in [0.3, 0.4) is 0 Å². The molecule has 0 aromatic heterocycles. The largest absolute Gasteiger partial charge is 0.340 e. The molecular weight excluding hydrogens is 395 g/mol. The molecule has 1 saturated heterocycles. The van der Waals surface area contributed by atoms with Gasteiger partial charge in [0, 0.05) is 45.1 Å². The van der Waals surface area contributed by atoms with Gasteiger partial charge in [-0.05, 0) is 18.6 Å². The van der Waals surface area contributed by atoms with Gasteiger partial charge in [-0.3, -0.25) is 14.5 Å². The smallest absolute Gasteiger partial charge is 0.257 e. The minimum Gasteiger partial charge on any atom is -0.340 e. The minimum atomic E-state index is -0.470. The highest BCUT2D eigenvalue weighted by Gasteiger charge is 2.35. The van der Waals surface area contributed by atoms with Crippen LogP contribution in [0, 0.1) is 12.7 Å². The number of amides is 2. The standard InChI is InChI=1S/C24H27FN4O2/c1-17-6-5-7-19(14-17)22-15-23(20-8-3-4-9-21(20)25)29(26-22)24(31)16-27-10-12-28(13-11-27)18(2)30/h3-9,14,23H,10-13,15-16H2,1-2H3. The van der Waals surface area contributed by atoms with Crippen molar-refractivity contribution in [2.75, 3.05) is 32.7 Å². The Hall–Kier alpha value is -3.06. The van der Waals surface area contributed by atoms with E-state index < -0.39 is 6.04 Å². The van der Waals surface area contributed by atoms with Gasteiger partial charge < -0.3 is 4.90 Å². The summed E-state index contributed by atoms with van der Waals surface area (Å²) in [4.78, 5) is 28.6. The second kappa shape index (κ2) is 8.98. The lowest BCUT2D eigenvalue weighted by molar-refractivity contribution is -0.135. The zero-order valence-corrected chi connectivity index (χ0v) is 17.9. The highest BCUT2D eigenvalue weighted by Crippen LogP contribution is 2.34. The quantitative estimate of drug-likeness (QED) is 0.761. The first-order chi connectivity index (χ1) is 14.9. The number of piperazine rings is 1. The summed E-state index contributed by atoms with van der Waals surface area (Å²) in [5, 5.41) is 6.10. The lowest BCUT2D eigenvalue weighted by atomic mass is 9.97. The van der Waals surface area contributed by atoms with Crippen molar-refractivity contribution in [3.05, 3.63) is 71.0 Å². The van der Waals surface area contributed by atoms with Gasteiger partial charge in [-0.1, -0.05) is 48.0 Å². The highest BCUT2D eigenvalue weighted by molar-refractivity contribution is 6.03. The normalized spacial score (nSPS) is 19.5. The molecule has 0 saturated carbocycles. The van der Waals surface area contributed by atoms with Crippen molar-refractivity contribution in [1.82, 2.24) is 14.8 Å². The van der Waals surface area contributed by atoms with E-state index in [-0.39, 0.29) is 24.2 Å². The molecule has 1 unspecified atom stereocenters. The van der Waals surface area contributed by atoms with E-state index in [0.29, 0.717) is 38.2 Å². The number of hydrazone groups is 1. The van der Waals surface area contributed by atoms with Gasteiger partial charge in [0.15, 0.2) is 0 Å². The van der Waals surface area contributed by atoms with E-state index in [1.807, 2.05) is 36.1 Å². The minimum absolute atomic E-state index is 0.0533. The molecule has 7 heteroatoms. The predicted octanol–water partition coefficient (Wildman–Crippen LogP) is 2.98. The maximum absolute atomic E-state index is 14.6. The van der Waals surface area contributed by atoms with Crippen molar-refractivity contribution in [3.63, 3.8) is 0 Å². The van der Waals surface area contributed by atoms with Crippen LogP contribution >= 0.6 is 0 Å². The number of nitrogens with zero attached hydrogens (tertiary/aromatic N) is 4. The number of aryl methyl sites for hydroxylation is 1. The Morgan fingerprint density at radius 1 is 1.06 bits per heavy atom. The van der Waals surface area contributed by atoms with Crippen LogP contribution in [0.15, 0.2) is 53.6 Å². The van der Waals surface area contributed by atoms with E-state index >= 15 is 0 Å². The average Bonchev–Trinajstić information content (AvgIpc) is 3.20. The predicted molar refractivity (Wildman–Crippen MR) is 117 cm³/mol. The van der Waals surface area contributed by atoms with Crippen LogP contribution in [0.1, 0.15) is 36.1 Å². The van der Waals surface area contributed by atoms with Gasteiger partial charge in [-0.15, -0.1) is 0 Å². The van der Waals surface area contributed by atoms with Gasteiger partial charge in [0.2, 0.25) is 5.91 Å². The molecule has 2 aromatic rings. The zero-order valence-electron chi connectivity index (χ0n) is 17.9. The summed E-state index contributed by atoms with van der Waals surface area (Å²) in [6, 6.07) is 14.1. The summed E-state index contributed by atoms with van der Waals surface area (Å²) < 4.78 is 14.6. The van der Waals surface area contributed by atoms with Crippen LogP contribution in [0.5, 0.6) is 0 Å². The topological polar surface area (TPSA) is 56.2 Å². The molecule has 2 aromatic carbocycles. The Kier molecular flexibility index (Phi) is 6.13. The first kappa shape index (κ1) is 21.2. The van der Waals surface area contributed by atoms with Crippen molar-refractivity contribution in [3.8, 4) is 0 Å². The van der Waals surface area contributed by atoms with Gasteiger partial charge in [0.05, 0.1) is 18.3 Å². The van der Waals surface area contributed by atoms with E-state index in [4.69, 9.17) is 0 Å². The molecule has 4 rings (SSSR count). The number of carbonyl (C=O) groups is 2. The number of rotatable bonds is 4. The van der Waals surface area contributed by atoms with Crippen molar-refractivity contribution in [1.29, 1.82) is 0 Å². The van der Waals surface area contributed by atoms with Crippen LogP contribution in [-0.4, -0.2) is 65.1 Å². The molecule has 2 heterocycles. The number of hydrogen-bond acceptors (Lipinski definition) is 4. The SMILES string of the molecule is CC(=O)N1CCN(CC(=O)N2N=C(c3cccc(C)c3)CC2c2ccccc2F)CC1. The highest BCUT2D eigenvalue weighted by atomic mass is 19.1. The Morgan fingerprint density at radius 3 is 2.48 bits per heavy atom. The summed E-state index contributed by atoms with van der Waals surface area (Å²) in [6.45, 7) is 6.26. The first-order valence-corrected chi connectivity index (χ1v) is 10.6. The first-order valence-electron chi connectivity index (χ1n) is 10.6. The van der Waals surface area contributed by atoms with E-state index in [1.54, 1.807) is 30.0 Å². The van der Waals surface area contributed by atoms with E-state index in [0.717, 1.165) is 16.8 Å². The molecule has 2 amide bonds. The number of benzene rings is 2. The Labute approximate surface area is 181 Å². The fraction of sp³-hybridized carbons (Fsp3) is 0.375. The molecule has 0 bridgehead atoms. The summed E-state index contributed by atoms with van der Waals surface area (Å²) >= 11 is 0. The molecule has 6 nitrogen and oxygen atoms in total. The fourth-order valence-corrected chi connectivity index (χ4v) is 4.21. The summed E-state index contributed by atoms with van der Waals surface area (Å²) in [5.74, 6) is -0.439. The van der Waals surface area contributed by atoms with E-state index in [1.165, 1.54) is 11.1 Å². The summed E-state index contributed by atoms with van der Waals surface area (Å²) in [5.41, 5.74) is 3.32. The lowest BCUT2D eigenvalue weighted by Gasteiger charge is -2.34. The third-order valence-electron chi connectivity index (χ3n) is 5.96. The number of hydrogen-bond donors (Lipinski definition) is 0. The van der Waals surface area contributed by atoms with Crippen LogP contribution in [0.2, 0.25) is 0 Å². The summed E-state index contributed by atoms with van der Waals surface area (Å²) in [6.07, 6.45) is 0.467. The molecule has 1 fully saturated rings. The van der Waals surface area contributed by atoms with Crippen molar-refractivity contribution < 1.29 is 14.0 Å². The molecule has 0 radical (unpaired) electrons. The Morgan fingerprint density at radius 2 is 1.81 bits per heavy atom. The van der Waals surface area contributed by atoms with Crippen molar-refractivity contribution >= 4 is 17.5 Å². The molecule has 0 aliphatic carbocycles. The van der Waals surface area contributed by atoms with E-state index in [9.17, 15) is 14.0 Å². The van der Waals surface area contributed by atoms with Gasteiger partial charge in [-0.2, -0.15) is 5.10 Å². The molecule has 2 aliphatic heterocycles. The van der Waals surface area contributed by atoms with Gasteiger partial charge in [0.25, 0.3) is 5.91 Å². The van der Waals surface area contributed by atoms with Crippen molar-refractivity contribution in [2.45, 2.75) is 26.3 Å². The van der Waals surface area contributed by atoms with Crippen LogP contribution in [0.4, 0.5) is 4.39 Å². The molecule has 0 spiro atoms. The monoisotopic (exact) mass is 422 g/mol. The Balaban J connectivity index is 1.56. The van der Waals surface area contributed by atoms with Crippen LogP contribution in [-0.2, 0) is 9.59 Å². The van der Waals surface area contributed by atoms with E-state index in [2.05, 4.69) is 5.10 Å². The van der Waals surface area contributed by atoms with Crippen molar-refractivity contribution in [2.24, 2.45) is 5.10 Å². The van der Waals surface area contributed by atoms with Gasteiger partial charge >= 0.3 is 0 Å². The van der Waals surface area contributed by atoms with Crippen LogP contribution in [0.25, 0.3) is 0 Å². The van der Waals surface area contributed by atoms with Gasteiger partial charge in [0.1, 0.15) is 5.82 Å². The fourth-order valence-electron chi connectivity index (χ4n) is 4.21. The maximum atomic E-state index is 14.6. The number of halogens is 1. The van der Waals surface area contributed by atoms with Crippen LogP contribution < -0.4 is 0 Å². The molecular formula is C24H27FN4O2. The van der Waals surface area contributed by atoms with Gasteiger partial charge in [-0.25, -0.2) is 9.40 Å². The third-order valence-corrected chi connectivity index (χ3v) is 5.96. The molecule has 162 valence electrons. The molecule has 31 heavy (non-hydrogen) atoms. The molecule has 1 atom stereocenters. The second-order valence-electron chi connectivity index (χ2n) is 8.18. The summed E-state index contributed by atoms with van der Waals surface area (Å²) in [7, 11) is 0. The lowest BCUT2D eigenvalue weighted by Crippen LogP contribution is -2.50. The third kappa shape index (κ3) is 4.66. The molecule has 0 N–H and O–H groups in total. The zero-order chi connectivity index (χ0) is 22.0. The Bertz CT molecular complexity index is 1010. The maximum Gasteiger partial charge on any atom is 0.257 e. The average molecular weight is 423 g/mol. The molecule has 2 aliphatic rings.